The number of benzene rings is 1. The molecule has 0 spiro atoms. The van der Waals surface area contributed by atoms with Crippen LogP contribution in [0.4, 0.5) is 4.39 Å². The van der Waals surface area contributed by atoms with E-state index in [2.05, 4.69) is 0 Å². The van der Waals surface area contributed by atoms with Gasteiger partial charge in [0.25, 0.3) is 5.91 Å². The van der Waals surface area contributed by atoms with Crippen molar-refractivity contribution in [3.8, 4) is 5.75 Å². The zero-order valence-corrected chi connectivity index (χ0v) is 16.0. The first-order chi connectivity index (χ1) is 12.3. The highest BCUT2D eigenvalue weighted by molar-refractivity contribution is 7.91. The highest BCUT2D eigenvalue weighted by Crippen LogP contribution is 2.24. The lowest BCUT2D eigenvalue weighted by Gasteiger charge is -2.28. The molecule has 1 aliphatic rings. The minimum atomic E-state index is -3.11. The number of amides is 1. The third-order valence-electron chi connectivity index (χ3n) is 4.43. The number of hydrogen-bond acceptors (Lipinski definition) is 5. The van der Waals surface area contributed by atoms with Gasteiger partial charge in [-0.25, -0.2) is 12.8 Å². The number of sulfone groups is 1. The fraction of sp³-hybridized carbons (Fsp3) is 0.389. The van der Waals surface area contributed by atoms with Crippen molar-refractivity contribution in [2.45, 2.75) is 25.9 Å². The number of carbonyl (C=O) groups is 1. The number of rotatable bonds is 6. The Morgan fingerprint density at radius 1 is 1.31 bits per heavy atom. The standard InChI is InChI=1S/C18H20FNO4S2/c1-13-6-8-25-17(13)10-20(15-7-9-26(22,23)12-15)18(21)11-24-16-4-2-14(19)3-5-16/h2-6,8,15H,7,9-12H2,1H3/t15-/m1/s1. The number of aryl methyl sites for hydroxylation is 1. The molecule has 0 unspecified atom stereocenters. The molecule has 0 aliphatic carbocycles. The molecular weight excluding hydrogens is 377 g/mol. The summed E-state index contributed by atoms with van der Waals surface area (Å²) in [6.45, 7) is 2.12. The molecule has 2 aromatic rings. The Balaban J connectivity index is 1.72. The maximum atomic E-state index is 13.0. The topological polar surface area (TPSA) is 63.7 Å². The fourth-order valence-electron chi connectivity index (χ4n) is 2.92. The van der Waals surface area contributed by atoms with Crippen molar-refractivity contribution >= 4 is 27.1 Å². The Morgan fingerprint density at radius 2 is 2.04 bits per heavy atom. The summed E-state index contributed by atoms with van der Waals surface area (Å²) >= 11 is 1.54. The van der Waals surface area contributed by atoms with Crippen LogP contribution in [-0.4, -0.2) is 43.4 Å². The quantitative estimate of drug-likeness (QED) is 0.752. The fourth-order valence-corrected chi connectivity index (χ4v) is 5.56. The van der Waals surface area contributed by atoms with E-state index in [1.165, 1.54) is 24.3 Å². The summed E-state index contributed by atoms with van der Waals surface area (Å²) in [5.74, 6) is -0.173. The Bertz CT molecular complexity index is 877. The summed E-state index contributed by atoms with van der Waals surface area (Å²) in [6.07, 6.45) is 0.440. The van der Waals surface area contributed by atoms with Crippen molar-refractivity contribution in [1.29, 1.82) is 0 Å². The first-order valence-corrected chi connectivity index (χ1v) is 11.0. The zero-order valence-electron chi connectivity index (χ0n) is 14.4. The predicted octanol–water partition coefficient (Wildman–Crippen LogP) is 2.79. The molecule has 1 atom stereocenters. The second kappa shape index (κ2) is 7.75. The summed E-state index contributed by atoms with van der Waals surface area (Å²) in [7, 11) is -3.11. The monoisotopic (exact) mass is 397 g/mol. The van der Waals surface area contributed by atoms with Gasteiger partial charge in [0.2, 0.25) is 0 Å². The molecule has 0 radical (unpaired) electrons. The molecule has 3 rings (SSSR count). The molecule has 5 nitrogen and oxygen atoms in total. The molecule has 0 N–H and O–H groups in total. The summed E-state index contributed by atoms with van der Waals surface area (Å²) < 4.78 is 42.1. The average molecular weight is 397 g/mol. The van der Waals surface area contributed by atoms with Gasteiger partial charge in [0.1, 0.15) is 11.6 Å². The van der Waals surface area contributed by atoms with Crippen LogP contribution < -0.4 is 4.74 Å². The van der Waals surface area contributed by atoms with Crippen molar-refractivity contribution in [3.63, 3.8) is 0 Å². The van der Waals surface area contributed by atoms with E-state index in [1.54, 1.807) is 16.2 Å². The number of thiophene rings is 1. The van der Waals surface area contributed by atoms with E-state index in [0.717, 1.165) is 10.4 Å². The van der Waals surface area contributed by atoms with Crippen LogP contribution in [0.1, 0.15) is 16.9 Å². The number of halogens is 1. The molecule has 1 fully saturated rings. The van der Waals surface area contributed by atoms with E-state index < -0.39 is 9.84 Å². The lowest BCUT2D eigenvalue weighted by molar-refractivity contribution is -0.135. The normalized spacial score (nSPS) is 18.6. The van der Waals surface area contributed by atoms with Gasteiger partial charge in [0.15, 0.2) is 16.4 Å². The van der Waals surface area contributed by atoms with Crippen molar-refractivity contribution < 1.29 is 22.3 Å². The molecule has 1 saturated heterocycles. The predicted molar refractivity (Wildman–Crippen MR) is 98.6 cm³/mol. The molecule has 1 aromatic carbocycles. The van der Waals surface area contributed by atoms with Gasteiger partial charge < -0.3 is 9.64 Å². The van der Waals surface area contributed by atoms with E-state index in [4.69, 9.17) is 4.74 Å². The minimum Gasteiger partial charge on any atom is -0.484 e. The van der Waals surface area contributed by atoms with Gasteiger partial charge in [-0.05, 0) is 54.6 Å². The lowest BCUT2D eigenvalue weighted by Crippen LogP contribution is -2.43. The second-order valence-corrected chi connectivity index (χ2v) is 9.58. The molecule has 2 heterocycles. The van der Waals surface area contributed by atoms with Gasteiger partial charge >= 0.3 is 0 Å². The van der Waals surface area contributed by atoms with E-state index >= 15 is 0 Å². The van der Waals surface area contributed by atoms with Crippen LogP contribution in [0.2, 0.25) is 0 Å². The third-order valence-corrected chi connectivity index (χ3v) is 7.19. The summed E-state index contributed by atoms with van der Waals surface area (Å²) in [5.41, 5.74) is 1.08. The second-order valence-electron chi connectivity index (χ2n) is 6.35. The summed E-state index contributed by atoms with van der Waals surface area (Å²) in [5, 5.41) is 1.95. The van der Waals surface area contributed by atoms with Gasteiger partial charge in [0.05, 0.1) is 18.1 Å². The number of carbonyl (C=O) groups excluding carboxylic acids is 1. The third kappa shape index (κ3) is 4.62. The van der Waals surface area contributed by atoms with Gasteiger partial charge in [0, 0.05) is 10.9 Å². The molecular formula is C18H20FNO4S2. The van der Waals surface area contributed by atoms with Crippen LogP contribution in [0.15, 0.2) is 35.7 Å². The van der Waals surface area contributed by atoms with Crippen LogP contribution in [-0.2, 0) is 21.2 Å². The van der Waals surface area contributed by atoms with Crippen LogP contribution in [0.5, 0.6) is 5.75 Å². The Kier molecular flexibility index (Phi) is 5.62. The highest BCUT2D eigenvalue weighted by atomic mass is 32.2. The Hall–Kier alpha value is -1.93. The van der Waals surface area contributed by atoms with Gasteiger partial charge in [-0.2, -0.15) is 0 Å². The van der Waals surface area contributed by atoms with Crippen LogP contribution in [0.25, 0.3) is 0 Å². The van der Waals surface area contributed by atoms with Crippen molar-refractivity contribution in [1.82, 2.24) is 4.90 Å². The van der Waals surface area contributed by atoms with Crippen LogP contribution in [0.3, 0.4) is 0 Å². The van der Waals surface area contributed by atoms with Crippen LogP contribution >= 0.6 is 11.3 Å². The molecule has 26 heavy (non-hydrogen) atoms. The molecule has 8 heteroatoms. The largest absolute Gasteiger partial charge is 0.484 e. The first kappa shape index (κ1) is 18.8. The SMILES string of the molecule is Cc1ccsc1CN(C(=O)COc1ccc(F)cc1)[C@@H]1CCS(=O)(=O)C1. The van der Waals surface area contributed by atoms with E-state index in [1.807, 2.05) is 18.4 Å². The molecule has 0 bridgehead atoms. The maximum absolute atomic E-state index is 13.0. The lowest BCUT2D eigenvalue weighted by atomic mass is 10.2. The molecule has 1 aromatic heterocycles. The molecule has 1 aliphatic heterocycles. The van der Waals surface area contributed by atoms with Gasteiger partial charge in [-0.1, -0.05) is 0 Å². The van der Waals surface area contributed by atoms with E-state index in [9.17, 15) is 17.6 Å². The summed E-state index contributed by atoms with van der Waals surface area (Å²) in [4.78, 5) is 15.4. The summed E-state index contributed by atoms with van der Waals surface area (Å²) in [6, 6.07) is 7.06. The van der Waals surface area contributed by atoms with Crippen molar-refractivity contribution in [2.75, 3.05) is 18.1 Å². The van der Waals surface area contributed by atoms with E-state index in [-0.39, 0.29) is 35.9 Å². The maximum Gasteiger partial charge on any atom is 0.261 e. The average Bonchev–Trinajstić information content (AvgIpc) is 3.16. The Morgan fingerprint density at radius 3 is 2.62 bits per heavy atom. The number of ether oxygens (including phenoxy) is 1. The minimum absolute atomic E-state index is 0.0142. The smallest absolute Gasteiger partial charge is 0.261 e. The van der Waals surface area contributed by atoms with Crippen LogP contribution in [0, 0.1) is 12.7 Å². The van der Waals surface area contributed by atoms with Gasteiger partial charge in [-0.3, -0.25) is 4.79 Å². The number of nitrogens with zero attached hydrogens (tertiary/aromatic N) is 1. The van der Waals surface area contributed by atoms with Crippen molar-refractivity contribution in [3.05, 3.63) is 52.0 Å². The number of hydrogen-bond donors (Lipinski definition) is 0. The Labute approximate surface area is 156 Å². The molecule has 140 valence electrons. The molecule has 0 saturated carbocycles. The molecule has 1 amide bonds. The zero-order chi connectivity index (χ0) is 18.7. The highest BCUT2D eigenvalue weighted by Gasteiger charge is 2.35. The van der Waals surface area contributed by atoms with Crippen molar-refractivity contribution in [2.24, 2.45) is 0 Å². The van der Waals surface area contributed by atoms with E-state index in [0.29, 0.717) is 18.7 Å². The van der Waals surface area contributed by atoms with Gasteiger partial charge in [-0.15, -0.1) is 11.3 Å². The first-order valence-electron chi connectivity index (χ1n) is 8.25.